The highest BCUT2D eigenvalue weighted by atomic mass is 31.2. The average molecular weight is 322 g/mol. The molecule has 1 fully saturated rings. The minimum absolute atomic E-state index is 2.02. The van der Waals surface area contributed by atoms with Crippen LogP contribution in [0.25, 0.3) is 0 Å². The molecule has 0 atom stereocenters. The van der Waals surface area contributed by atoms with Crippen LogP contribution in [0, 0.1) is 0 Å². The summed E-state index contributed by atoms with van der Waals surface area (Å²) < 4.78 is 112. The molecule has 19 heavy (non-hydrogen) atoms. The summed E-state index contributed by atoms with van der Waals surface area (Å²) in [7, 11) is -5.20. The zero-order valence-corrected chi connectivity index (χ0v) is 9.65. The molecule has 0 radical (unpaired) electrons. The van der Waals surface area contributed by atoms with E-state index < -0.39 is 46.0 Å². The van der Waals surface area contributed by atoms with E-state index in [1.165, 1.54) is 0 Å². The van der Waals surface area contributed by atoms with Gasteiger partial charge in [-0.15, -0.1) is 0 Å². The van der Waals surface area contributed by atoms with Gasteiger partial charge in [-0.3, -0.25) is 18.3 Å². The number of hydrogen-bond acceptors (Lipinski definition) is 5. The summed E-state index contributed by atoms with van der Waals surface area (Å²) in [5.41, 5.74) is 0. The number of halogens is 7. The zero-order valence-electron chi connectivity index (χ0n) is 8.76. The first-order valence-electron chi connectivity index (χ1n) is 4.39. The minimum atomic E-state index is -5.20. The van der Waals surface area contributed by atoms with Crippen molar-refractivity contribution in [2.75, 3.05) is 19.8 Å². The van der Waals surface area contributed by atoms with Crippen molar-refractivity contribution >= 4 is 7.82 Å². The van der Waals surface area contributed by atoms with Crippen molar-refractivity contribution in [3.05, 3.63) is 0 Å². The molecule has 0 spiro atoms. The third-order valence-electron chi connectivity index (χ3n) is 1.47. The molecule has 0 aromatic rings. The van der Waals surface area contributed by atoms with Gasteiger partial charge < -0.3 is 0 Å². The lowest BCUT2D eigenvalue weighted by molar-refractivity contribution is -0.392. The lowest BCUT2D eigenvalue weighted by Crippen LogP contribution is -2.41. The van der Waals surface area contributed by atoms with Crippen LogP contribution >= 0.6 is 7.82 Å². The molecule has 0 saturated carbocycles. The van der Waals surface area contributed by atoms with Crippen LogP contribution in [0.3, 0.4) is 0 Å². The fourth-order valence-corrected chi connectivity index (χ4v) is 1.99. The summed E-state index contributed by atoms with van der Waals surface area (Å²) >= 11 is 0. The maximum Gasteiger partial charge on any atom is 0.475 e. The molecule has 1 aliphatic rings. The number of ether oxygens (including phenoxy) is 1. The third kappa shape index (κ3) is 6.04. The lowest BCUT2D eigenvalue weighted by Gasteiger charge is -2.29. The number of phosphoric ester groups is 1. The molecule has 0 unspecified atom stereocenters. The quantitative estimate of drug-likeness (QED) is 0.578. The highest BCUT2D eigenvalue weighted by Gasteiger charge is 2.51. The van der Waals surface area contributed by atoms with E-state index in [4.69, 9.17) is 0 Å². The summed E-state index contributed by atoms with van der Waals surface area (Å²) in [5.74, 6) is 0. The second-order valence-electron chi connectivity index (χ2n) is 3.26. The van der Waals surface area contributed by atoms with Crippen LogP contribution in [-0.4, -0.2) is 38.2 Å². The molecule has 1 rings (SSSR count). The molecule has 0 aromatic carbocycles. The van der Waals surface area contributed by atoms with E-state index in [0.717, 1.165) is 0 Å². The van der Waals surface area contributed by atoms with Gasteiger partial charge in [0.25, 0.3) is 0 Å². The van der Waals surface area contributed by atoms with E-state index in [0.29, 0.717) is 0 Å². The Kier molecular flexibility index (Phi) is 4.52. The second kappa shape index (κ2) is 5.17. The summed E-state index contributed by atoms with van der Waals surface area (Å²) in [4.78, 5) is 0. The summed E-state index contributed by atoms with van der Waals surface area (Å²) in [5, 5.41) is 0. The van der Waals surface area contributed by atoms with Gasteiger partial charge in [0.1, 0.15) is 13.2 Å². The molecular formula is C6H6F7O5P. The molecule has 0 amide bonds. The first kappa shape index (κ1) is 16.6. The summed E-state index contributed by atoms with van der Waals surface area (Å²) in [6.07, 6.45) is -14.1. The second-order valence-corrected chi connectivity index (χ2v) is 4.93. The number of hydrogen-bond donors (Lipinski definition) is 0. The number of rotatable bonds is 2. The van der Waals surface area contributed by atoms with Crippen molar-refractivity contribution in [3.8, 4) is 0 Å². The molecule has 1 aliphatic heterocycles. The van der Waals surface area contributed by atoms with Gasteiger partial charge in [-0.05, 0) is 0 Å². The van der Waals surface area contributed by atoms with Gasteiger partial charge >= 0.3 is 26.2 Å². The van der Waals surface area contributed by atoms with Crippen LogP contribution in [0.1, 0.15) is 0 Å². The predicted molar refractivity (Wildman–Crippen MR) is 42.5 cm³/mol. The Morgan fingerprint density at radius 2 is 1.47 bits per heavy atom. The molecule has 0 bridgehead atoms. The van der Waals surface area contributed by atoms with E-state index in [2.05, 4.69) is 18.3 Å². The van der Waals surface area contributed by atoms with Gasteiger partial charge in [0, 0.05) is 0 Å². The van der Waals surface area contributed by atoms with Crippen LogP contribution < -0.4 is 0 Å². The van der Waals surface area contributed by atoms with Crippen LogP contribution in [-0.2, 0) is 22.9 Å². The molecule has 1 heterocycles. The van der Waals surface area contributed by atoms with Crippen LogP contribution in [0.5, 0.6) is 0 Å². The minimum Gasteiger partial charge on any atom is -0.278 e. The Bertz CT molecular complexity index is 339. The first-order chi connectivity index (χ1) is 8.33. The third-order valence-corrected chi connectivity index (χ3v) is 2.80. The topological polar surface area (TPSA) is 54.0 Å². The van der Waals surface area contributed by atoms with Gasteiger partial charge in [0.05, 0.1) is 0 Å². The highest BCUT2D eigenvalue weighted by molar-refractivity contribution is 7.48. The predicted octanol–water partition coefficient (Wildman–Crippen LogP) is 2.92. The number of alkyl halides is 7. The Morgan fingerprint density at radius 1 is 1.05 bits per heavy atom. The standard InChI is InChI=1S/C6H6F7O5P/c7-4(8,9)1-15-19(14)16-2-5(10,11)18-6(12,13)3-17-19/h1-3H2. The highest BCUT2D eigenvalue weighted by Crippen LogP contribution is 2.53. The molecular weight excluding hydrogens is 316 g/mol. The van der Waals surface area contributed by atoms with Crippen molar-refractivity contribution in [2.24, 2.45) is 0 Å². The van der Waals surface area contributed by atoms with E-state index >= 15 is 0 Å². The van der Waals surface area contributed by atoms with Crippen molar-refractivity contribution in [3.63, 3.8) is 0 Å². The zero-order chi connectivity index (χ0) is 14.9. The number of phosphoric acid groups is 1. The van der Waals surface area contributed by atoms with E-state index in [9.17, 15) is 35.3 Å². The fraction of sp³-hybridized carbons (Fsp3) is 1.00. The Morgan fingerprint density at radius 3 is 1.84 bits per heavy atom. The smallest absolute Gasteiger partial charge is 0.278 e. The van der Waals surface area contributed by atoms with Crippen molar-refractivity contribution in [2.45, 2.75) is 18.4 Å². The first-order valence-corrected chi connectivity index (χ1v) is 5.85. The van der Waals surface area contributed by atoms with Gasteiger partial charge in [-0.1, -0.05) is 0 Å². The van der Waals surface area contributed by atoms with Crippen molar-refractivity contribution in [1.82, 2.24) is 0 Å². The van der Waals surface area contributed by atoms with Crippen LogP contribution in [0.4, 0.5) is 30.7 Å². The van der Waals surface area contributed by atoms with Crippen molar-refractivity contribution < 1.29 is 53.6 Å². The van der Waals surface area contributed by atoms with Crippen LogP contribution in [0.15, 0.2) is 0 Å². The molecule has 0 N–H and O–H groups in total. The molecule has 1 saturated heterocycles. The van der Waals surface area contributed by atoms with Gasteiger partial charge in [-0.2, -0.15) is 30.7 Å². The monoisotopic (exact) mass is 322 g/mol. The Hall–Kier alpha value is -0.420. The Balaban J connectivity index is 2.77. The summed E-state index contributed by atoms with van der Waals surface area (Å²) in [6.45, 7) is -6.21. The lowest BCUT2D eigenvalue weighted by atomic mass is 10.6. The molecule has 13 heteroatoms. The molecule has 5 nitrogen and oxygen atoms in total. The van der Waals surface area contributed by atoms with E-state index in [1.807, 2.05) is 0 Å². The van der Waals surface area contributed by atoms with Gasteiger partial charge in [0.2, 0.25) is 0 Å². The largest absolute Gasteiger partial charge is 0.475 e. The van der Waals surface area contributed by atoms with Crippen LogP contribution in [0.2, 0.25) is 0 Å². The van der Waals surface area contributed by atoms with E-state index in [1.54, 1.807) is 0 Å². The van der Waals surface area contributed by atoms with Gasteiger partial charge in [-0.25, -0.2) is 4.57 Å². The summed E-state index contributed by atoms with van der Waals surface area (Å²) in [6, 6.07) is 0. The van der Waals surface area contributed by atoms with Gasteiger partial charge in [0.15, 0.2) is 6.61 Å². The average Bonchev–Trinajstić information content (AvgIpc) is 2.18. The molecule has 114 valence electrons. The maximum atomic E-state index is 12.7. The fourth-order valence-electron chi connectivity index (χ4n) is 0.850. The Labute approximate surface area is 101 Å². The SMILES string of the molecule is O=P1(OCC(F)(F)F)OCC(F)(F)OC(F)(F)CO1. The normalized spacial score (nSPS) is 26.5. The molecule has 0 aromatic heterocycles. The van der Waals surface area contributed by atoms with E-state index in [-0.39, 0.29) is 0 Å². The molecule has 0 aliphatic carbocycles. The van der Waals surface area contributed by atoms with Crippen molar-refractivity contribution in [1.29, 1.82) is 0 Å². The maximum absolute atomic E-state index is 12.7.